The molecule has 0 saturated carbocycles. The molecule has 0 aliphatic carbocycles. The first-order valence-electron chi connectivity index (χ1n) is 6.59. The summed E-state index contributed by atoms with van der Waals surface area (Å²) in [5, 5.41) is 6.18. The SMILES string of the molecule is Cc1cc(C(=O)Nc2ccc(-n3ccnc3C)c(F)c2)no1. The Hall–Kier alpha value is -2.96. The van der Waals surface area contributed by atoms with Crippen LogP contribution >= 0.6 is 0 Å². The molecule has 0 radical (unpaired) electrons. The number of amides is 1. The Labute approximate surface area is 125 Å². The summed E-state index contributed by atoms with van der Waals surface area (Å²) in [6.45, 7) is 3.47. The molecule has 0 fully saturated rings. The van der Waals surface area contributed by atoms with Gasteiger partial charge in [0.2, 0.25) is 0 Å². The quantitative estimate of drug-likeness (QED) is 0.807. The Bertz CT molecular complexity index is 838. The van der Waals surface area contributed by atoms with E-state index in [0.717, 1.165) is 0 Å². The summed E-state index contributed by atoms with van der Waals surface area (Å²) in [4.78, 5) is 16.0. The Morgan fingerprint density at radius 1 is 1.32 bits per heavy atom. The van der Waals surface area contributed by atoms with E-state index in [0.29, 0.717) is 23.0 Å². The van der Waals surface area contributed by atoms with E-state index in [1.165, 1.54) is 12.1 Å². The monoisotopic (exact) mass is 300 g/mol. The fourth-order valence-electron chi connectivity index (χ4n) is 2.08. The molecule has 0 atom stereocenters. The van der Waals surface area contributed by atoms with E-state index in [2.05, 4.69) is 15.5 Å². The first-order chi connectivity index (χ1) is 10.5. The van der Waals surface area contributed by atoms with Crippen LogP contribution in [0.15, 0.2) is 41.2 Å². The van der Waals surface area contributed by atoms with Crippen LogP contribution in [0.5, 0.6) is 0 Å². The minimum atomic E-state index is -0.463. The number of anilines is 1. The van der Waals surface area contributed by atoms with E-state index in [1.54, 1.807) is 42.9 Å². The minimum Gasteiger partial charge on any atom is -0.361 e. The summed E-state index contributed by atoms with van der Waals surface area (Å²) >= 11 is 0. The van der Waals surface area contributed by atoms with E-state index in [-0.39, 0.29) is 5.69 Å². The molecule has 112 valence electrons. The zero-order valence-corrected chi connectivity index (χ0v) is 12.0. The number of nitrogens with one attached hydrogen (secondary N) is 1. The van der Waals surface area contributed by atoms with Gasteiger partial charge in [0.05, 0.1) is 5.69 Å². The van der Waals surface area contributed by atoms with Crippen molar-refractivity contribution < 1.29 is 13.7 Å². The second-order valence-corrected chi connectivity index (χ2v) is 4.79. The van der Waals surface area contributed by atoms with Crippen molar-refractivity contribution in [2.75, 3.05) is 5.32 Å². The molecule has 2 aromatic heterocycles. The third-order valence-corrected chi connectivity index (χ3v) is 3.15. The lowest BCUT2D eigenvalue weighted by atomic mass is 10.2. The summed E-state index contributed by atoms with van der Waals surface area (Å²) < 4.78 is 20.7. The van der Waals surface area contributed by atoms with Gasteiger partial charge in [-0.2, -0.15) is 0 Å². The number of nitrogens with zero attached hydrogens (tertiary/aromatic N) is 3. The second kappa shape index (κ2) is 5.44. The highest BCUT2D eigenvalue weighted by Gasteiger charge is 2.13. The van der Waals surface area contributed by atoms with Crippen molar-refractivity contribution in [2.45, 2.75) is 13.8 Å². The smallest absolute Gasteiger partial charge is 0.277 e. The van der Waals surface area contributed by atoms with Gasteiger partial charge in [-0.1, -0.05) is 5.16 Å². The minimum absolute atomic E-state index is 0.146. The fourth-order valence-corrected chi connectivity index (χ4v) is 2.08. The average Bonchev–Trinajstić information content (AvgIpc) is 3.08. The van der Waals surface area contributed by atoms with Crippen LogP contribution in [0, 0.1) is 19.7 Å². The van der Waals surface area contributed by atoms with Gasteiger partial charge in [0.25, 0.3) is 5.91 Å². The summed E-state index contributed by atoms with van der Waals surface area (Å²) in [6, 6.07) is 5.95. The molecule has 0 saturated heterocycles. The summed E-state index contributed by atoms with van der Waals surface area (Å²) in [5.41, 5.74) is 0.849. The Balaban J connectivity index is 1.83. The number of aryl methyl sites for hydroxylation is 2. The van der Waals surface area contributed by atoms with Gasteiger partial charge >= 0.3 is 0 Å². The number of hydrogen-bond acceptors (Lipinski definition) is 4. The van der Waals surface area contributed by atoms with E-state index >= 15 is 0 Å². The van der Waals surface area contributed by atoms with Crippen molar-refractivity contribution in [3.63, 3.8) is 0 Å². The van der Waals surface area contributed by atoms with Gasteiger partial charge in [0.1, 0.15) is 17.4 Å². The van der Waals surface area contributed by atoms with Gasteiger partial charge in [-0.3, -0.25) is 4.79 Å². The third kappa shape index (κ3) is 2.60. The van der Waals surface area contributed by atoms with E-state index in [4.69, 9.17) is 4.52 Å². The van der Waals surface area contributed by atoms with Crippen LogP contribution in [-0.2, 0) is 0 Å². The van der Waals surface area contributed by atoms with Crippen molar-refractivity contribution >= 4 is 11.6 Å². The Kier molecular flexibility index (Phi) is 3.46. The van der Waals surface area contributed by atoms with Gasteiger partial charge in [0.15, 0.2) is 5.69 Å². The lowest BCUT2D eigenvalue weighted by molar-refractivity contribution is 0.101. The Morgan fingerprint density at radius 2 is 2.14 bits per heavy atom. The molecule has 3 rings (SSSR count). The molecule has 1 amide bonds. The van der Waals surface area contributed by atoms with Crippen molar-refractivity contribution in [2.24, 2.45) is 0 Å². The number of carbonyl (C=O) groups is 1. The molecule has 2 heterocycles. The highest BCUT2D eigenvalue weighted by atomic mass is 19.1. The van der Waals surface area contributed by atoms with E-state index in [1.807, 2.05) is 0 Å². The Morgan fingerprint density at radius 3 is 2.73 bits per heavy atom. The second-order valence-electron chi connectivity index (χ2n) is 4.79. The molecule has 3 aromatic rings. The maximum absolute atomic E-state index is 14.2. The van der Waals surface area contributed by atoms with Crippen LogP contribution < -0.4 is 5.32 Å². The van der Waals surface area contributed by atoms with Crippen molar-refractivity contribution in [1.82, 2.24) is 14.7 Å². The summed E-state index contributed by atoms with van der Waals surface area (Å²) in [7, 11) is 0. The summed E-state index contributed by atoms with van der Waals surface area (Å²) in [5.74, 6) is 0.286. The molecular formula is C15H13FN4O2. The van der Waals surface area contributed by atoms with Crippen molar-refractivity contribution in [3.05, 3.63) is 59.8 Å². The maximum Gasteiger partial charge on any atom is 0.277 e. The predicted octanol–water partition coefficient (Wildman–Crippen LogP) is 2.87. The van der Waals surface area contributed by atoms with Gasteiger partial charge in [-0.25, -0.2) is 9.37 Å². The maximum atomic E-state index is 14.2. The van der Waals surface area contributed by atoms with Crippen LogP contribution in [0.4, 0.5) is 10.1 Å². The lowest BCUT2D eigenvalue weighted by Gasteiger charge is -2.09. The molecule has 1 aromatic carbocycles. The largest absolute Gasteiger partial charge is 0.361 e. The standard InChI is InChI=1S/C15H13FN4O2/c1-9-7-13(19-22-9)15(21)18-11-3-4-14(12(16)8-11)20-6-5-17-10(20)2/h3-8H,1-2H3,(H,18,21). The van der Waals surface area contributed by atoms with E-state index in [9.17, 15) is 9.18 Å². The molecule has 7 heteroatoms. The van der Waals surface area contributed by atoms with Gasteiger partial charge in [-0.15, -0.1) is 0 Å². The van der Waals surface area contributed by atoms with Gasteiger partial charge in [0, 0.05) is 24.1 Å². The molecule has 0 unspecified atom stereocenters. The van der Waals surface area contributed by atoms with E-state index < -0.39 is 11.7 Å². The highest BCUT2D eigenvalue weighted by Crippen LogP contribution is 2.20. The van der Waals surface area contributed by atoms with Crippen molar-refractivity contribution in [3.8, 4) is 5.69 Å². The first-order valence-corrected chi connectivity index (χ1v) is 6.59. The van der Waals surface area contributed by atoms with Gasteiger partial charge < -0.3 is 14.4 Å². The van der Waals surface area contributed by atoms with Crippen molar-refractivity contribution in [1.29, 1.82) is 0 Å². The van der Waals surface area contributed by atoms with Gasteiger partial charge in [-0.05, 0) is 32.0 Å². The molecule has 0 aliphatic heterocycles. The highest BCUT2D eigenvalue weighted by molar-refractivity contribution is 6.02. The van der Waals surface area contributed by atoms with Crippen LogP contribution in [0.2, 0.25) is 0 Å². The zero-order valence-electron chi connectivity index (χ0n) is 12.0. The number of halogens is 1. The average molecular weight is 300 g/mol. The number of rotatable bonds is 3. The molecule has 0 aliphatic rings. The molecular weight excluding hydrogens is 287 g/mol. The topological polar surface area (TPSA) is 73.0 Å². The molecule has 1 N–H and O–H groups in total. The third-order valence-electron chi connectivity index (χ3n) is 3.15. The fraction of sp³-hybridized carbons (Fsp3) is 0.133. The number of aromatic nitrogens is 3. The summed E-state index contributed by atoms with van der Waals surface area (Å²) in [6.07, 6.45) is 3.27. The number of hydrogen-bond donors (Lipinski definition) is 1. The molecule has 22 heavy (non-hydrogen) atoms. The number of imidazole rings is 1. The van der Waals surface area contributed by atoms with Crippen LogP contribution in [0.1, 0.15) is 22.1 Å². The predicted molar refractivity (Wildman–Crippen MR) is 77.5 cm³/mol. The first kappa shape index (κ1) is 14.0. The molecule has 0 spiro atoms. The number of carbonyl (C=O) groups excluding carboxylic acids is 1. The zero-order chi connectivity index (χ0) is 15.7. The van der Waals surface area contributed by atoms with Crippen LogP contribution in [-0.4, -0.2) is 20.6 Å². The molecule has 0 bridgehead atoms. The lowest BCUT2D eigenvalue weighted by Crippen LogP contribution is -2.12. The normalized spacial score (nSPS) is 10.7. The molecule has 6 nitrogen and oxygen atoms in total. The number of benzene rings is 1. The van der Waals surface area contributed by atoms with Crippen LogP contribution in [0.3, 0.4) is 0 Å². The van der Waals surface area contributed by atoms with Crippen LogP contribution in [0.25, 0.3) is 5.69 Å².